The summed E-state index contributed by atoms with van der Waals surface area (Å²) < 4.78 is 1.11. The predicted molar refractivity (Wildman–Crippen MR) is 82.9 cm³/mol. The molecule has 1 saturated heterocycles. The monoisotopic (exact) mass is 375 g/mol. The number of amides is 1. The van der Waals surface area contributed by atoms with Gasteiger partial charge in [0.1, 0.15) is 0 Å². The van der Waals surface area contributed by atoms with E-state index in [1.165, 1.54) is 17.3 Å². The molecule has 0 bridgehead atoms. The molecule has 0 aromatic heterocycles. The molecule has 1 atom stereocenters. The minimum absolute atomic E-state index is 0.0774. The third-order valence-electron chi connectivity index (χ3n) is 2.88. The highest BCUT2D eigenvalue weighted by Crippen LogP contribution is 2.32. The van der Waals surface area contributed by atoms with Crippen LogP contribution in [0.15, 0.2) is 18.2 Å². The van der Waals surface area contributed by atoms with E-state index in [0.717, 1.165) is 9.26 Å². The van der Waals surface area contributed by atoms with Crippen LogP contribution in [0.25, 0.3) is 0 Å². The highest BCUT2D eigenvalue weighted by molar-refractivity contribution is 14.1. The molecule has 96 valence electrons. The van der Waals surface area contributed by atoms with E-state index in [1.54, 1.807) is 11.8 Å². The van der Waals surface area contributed by atoms with Crippen molar-refractivity contribution < 1.29 is 9.59 Å². The first-order chi connectivity index (χ1) is 8.49. The fourth-order valence-electron chi connectivity index (χ4n) is 2.06. The predicted octanol–water partition coefficient (Wildman–Crippen LogP) is 2.98. The first-order valence-corrected chi connectivity index (χ1v) is 7.67. The van der Waals surface area contributed by atoms with Gasteiger partial charge in [0, 0.05) is 28.7 Å². The number of aryl methyl sites for hydroxylation is 1. The van der Waals surface area contributed by atoms with Crippen LogP contribution in [0.2, 0.25) is 0 Å². The number of halogens is 1. The molecule has 0 saturated carbocycles. The molecule has 5 heteroatoms. The van der Waals surface area contributed by atoms with E-state index in [9.17, 15) is 9.59 Å². The Labute approximate surface area is 124 Å². The fraction of sp³-hybridized carbons (Fsp3) is 0.385. The molecule has 3 nitrogen and oxygen atoms in total. The van der Waals surface area contributed by atoms with Crippen molar-refractivity contribution >= 4 is 51.1 Å². The smallest absolute Gasteiger partial charge is 0.228 e. The van der Waals surface area contributed by atoms with E-state index in [1.807, 2.05) is 25.1 Å². The number of thioether (sulfide) groups is 1. The Balaban J connectivity index is 2.22. The van der Waals surface area contributed by atoms with Gasteiger partial charge >= 0.3 is 0 Å². The average Bonchev–Trinajstić information content (AvgIpc) is 2.62. The van der Waals surface area contributed by atoms with Crippen LogP contribution in [0.5, 0.6) is 0 Å². The van der Waals surface area contributed by atoms with Gasteiger partial charge in [0.05, 0.1) is 5.69 Å². The van der Waals surface area contributed by atoms with Gasteiger partial charge in [-0.05, 0) is 41.1 Å². The van der Waals surface area contributed by atoms with E-state index >= 15 is 0 Å². The molecule has 0 N–H and O–H groups in total. The van der Waals surface area contributed by atoms with Crippen LogP contribution in [0.1, 0.15) is 18.9 Å². The van der Waals surface area contributed by atoms with Gasteiger partial charge in [-0.25, -0.2) is 0 Å². The number of benzene rings is 1. The van der Waals surface area contributed by atoms with Crippen molar-refractivity contribution in [2.75, 3.05) is 11.4 Å². The summed E-state index contributed by atoms with van der Waals surface area (Å²) in [7, 11) is 0. The second-order valence-electron chi connectivity index (χ2n) is 4.35. The standard InChI is InChI=1S/C13H14INO2S/c1-8-4-3-5-11(13(8)14)15-7-10(6-12(15)17)18-9(2)16/h3-5,10H,6-7H2,1-2H3. The normalized spacial score (nSPS) is 19.4. The van der Waals surface area contributed by atoms with Crippen molar-refractivity contribution in [3.8, 4) is 0 Å². The van der Waals surface area contributed by atoms with Crippen LogP contribution in [-0.4, -0.2) is 22.8 Å². The first-order valence-electron chi connectivity index (χ1n) is 5.71. The minimum atomic E-state index is 0.0774. The molecule has 0 radical (unpaired) electrons. The van der Waals surface area contributed by atoms with Gasteiger partial charge < -0.3 is 4.90 Å². The van der Waals surface area contributed by atoms with Crippen LogP contribution in [0.3, 0.4) is 0 Å². The number of hydrogen-bond acceptors (Lipinski definition) is 3. The molecule has 0 aliphatic carbocycles. The van der Waals surface area contributed by atoms with E-state index in [0.29, 0.717) is 13.0 Å². The summed E-state index contributed by atoms with van der Waals surface area (Å²) in [4.78, 5) is 24.9. The average molecular weight is 375 g/mol. The molecule has 1 heterocycles. The van der Waals surface area contributed by atoms with Gasteiger partial charge in [-0.2, -0.15) is 0 Å². The molecule has 18 heavy (non-hydrogen) atoms. The Bertz CT molecular complexity index is 504. The Morgan fingerprint density at radius 3 is 2.89 bits per heavy atom. The van der Waals surface area contributed by atoms with Gasteiger partial charge in [0.25, 0.3) is 0 Å². The molecule has 2 rings (SSSR count). The summed E-state index contributed by atoms with van der Waals surface area (Å²) >= 11 is 3.54. The third kappa shape index (κ3) is 2.88. The second kappa shape index (κ2) is 5.61. The third-order valence-corrected chi connectivity index (χ3v) is 5.27. The molecule has 1 aliphatic rings. The number of nitrogens with zero attached hydrogens (tertiary/aromatic N) is 1. The molecular formula is C13H14INO2S. The van der Waals surface area contributed by atoms with Gasteiger partial charge in [0.15, 0.2) is 5.12 Å². The summed E-state index contributed by atoms with van der Waals surface area (Å²) in [5.41, 5.74) is 2.14. The SMILES string of the molecule is CC(=O)SC1CC(=O)N(c2cccc(C)c2I)C1. The lowest BCUT2D eigenvalue weighted by Gasteiger charge is -2.19. The summed E-state index contributed by atoms with van der Waals surface area (Å²) in [6.07, 6.45) is 0.453. The Morgan fingerprint density at radius 2 is 2.22 bits per heavy atom. The lowest BCUT2D eigenvalue weighted by molar-refractivity contribution is -0.117. The fourth-order valence-corrected chi connectivity index (χ4v) is 3.63. The van der Waals surface area contributed by atoms with E-state index in [4.69, 9.17) is 0 Å². The van der Waals surface area contributed by atoms with Crippen molar-refractivity contribution in [1.29, 1.82) is 0 Å². The molecular weight excluding hydrogens is 361 g/mol. The minimum Gasteiger partial charge on any atom is -0.310 e. The molecule has 0 spiro atoms. The summed E-state index contributed by atoms with van der Waals surface area (Å²) in [5.74, 6) is 0.109. The van der Waals surface area contributed by atoms with Gasteiger partial charge in [-0.3, -0.25) is 9.59 Å². The quantitative estimate of drug-likeness (QED) is 0.746. The zero-order valence-electron chi connectivity index (χ0n) is 10.3. The number of hydrogen-bond donors (Lipinski definition) is 0. The van der Waals surface area contributed by atoms with Crippen LogP contribution in [-0.2, 0) is 9.59 Å². The maximum atomic E-state index is 12.0. The van der Waals surface area contributed by atoms with Crippen LogP contribution < -0.4 is 4.90 Å². The lowest BCUT2D eigenvalue weighted by atomic mass is 10.2. The number of carbonyl (C=O) groups is 2. The molecule has 1 aromatic rings. The van der Waals surface area contributed by atoms with E-state index in [2.05, 4.69) is 22.6 Å². The van der Waals surface area contributed by atoms with Crippen molar-refractivity contribution in [1.82, 2.24) is 0 Å². The summed E-state index contributed by atoms with van der Waals surface area (Å²) in [6.45, 7) is 4.21. The van der Waals surface area contributed by atoms with Gasteiger partial charge in [0.2, 0.25) is 5.91 Å². The van der Waals surface area contributed by atoms with Crippen LogP contribution in [0, 0.1) is 10.5 Å². The van der Waals surface area contributed by atoms with E-state index in [-0.39, 0.29) is 16.3 Å². The maximum absolute atomic E-state index is 12.0. The second-order valence-corrected chi connectivity index (χ2v) is 6.90. The number of carbonyl (C=O) groups excluding carboxylic acids is 2. The Kier molecular flexibility index (Phi) is 4.32. The van der Waals surface area contributed by atoms with Crippen molar-refractivity contribution in [2.24, 2.45) is 0 Å². The summed E-state index contributed by atoms with van der Waals surface area (Å²) in [5, 5.41) is 0.167. The zero-order chi connectivity index (χ0) is 13.3. The highest BCUT2D eigenvalue weighted by atomic mass is 127. The first kappa shape index (κ1) is 13.9. The lowest BCUT2D eigenvalue weighted by Crippen LogP contribution is -2.26. The topological polar surface area (TPSA) is 37.4 Å². The molecule has 1 aromatic carbocycles. The molecule has 1 fully saturated rings. The number of rotatable bonds is 2. The molecule has 1 unspecified atom stereocenters. The maximum Gasteiger partial charge on any atom is 0.228 e. The largest absolute Gasteiger partial charge is 0.310 e. The zero-order valence-corrected chi connectivity index (χ0v) is 13.2. The molecule has 1 aliphatic heterocycles. The number of anilines is 1. The Hall–Kier alpha value is -0.560. The van der Waals surface area contributed by atoms with E-state index < -0.39 is 0 Å². The van der Waals surface area contributed by atoms with Gasteiger partial charge in [-0.15, -0.1) is 0 Å². The molecule has 1 amide bonds. The van der Waals surface area contributed by atoms with Crippen LogP contribution in [0.4, 0.5) is 5.69 Å². The Morgan fingerprint density at radius 1 is 1.50 bits per heavy atom. The van der Waals surface area contributed by atoms with Crippen molar-refractivity contribution in [3.63, 3.8) is 0 Å². The summed E-state index contributed by atoms with van der Waals surface area (Å²) in [6, 6.07) is 5.96. The van der Waals surface area contributed by atoms with Gasteiger partial charge in [-0.1, -0.05) is 23.9 Å². The van der Waals surface area contributed by atoms with Crippen molar-refractivity contribution in [3.05, 3.63) is 27.3 Å². The highest BCUT2D eigenvalue weighted by Gasteiger charge is 2.32. The van der Waals surface area contributed by atoms with Crippen LogP contribution >= 0.6 is 34.4 Å². The van der Waals surface area contributed by atoms with Crippen molar-refractivity contribution in [2.45, 2.75) is 25.5 Å².